The highest BCUT2D eigenvalue weighted by Crippen LogP contribution is 2.30. The monoisotopic (exact) mass is 420 g/mol. The summed E-state index contributed by atoms with van der Waals surface area (Å²) in [6.07, 6.45) is 0. The number of hydrogen-bond donors (Lipinski definition) is 1. The van der Waals surface area contributed by atoms with E-state index in [-0.39, 0.29) is 17.3 Å². The average molecular weight is 421 g/mol. The molecule has 0 radical (unpaired) electrons. The van der Waals surface area contributed by atoms with Crippen molar-refractivity contribution >= 4 is 46.3 Å². The Balaban J connectivity index is 1.63. The normalized spacial score (nSPS) is 14.7. The number of amides is 1. The molecular formula is C19H21ClN4O3S. The second-order valence-corrected chi connectivity index (χ2v) is 8.02. The molecular weight excluding hydrogens is 400 g/mol. The number of likely N-dealkylation sites (N-methyl/N-ethyl adjacent to an activating group) is 1. The molecule has 2 aromatic carbocycles. The molecule has 9 heteroatoms. The van der Waals surface area contributed by atoms with Crippen LogP contribution in [0.3, 0.4) is 0 Å². The van der Waals surface area contributed by atoms with Gasteiger partial charge in [0.15, 0.2) is 0 Å². The van der Waals surface area contributed by atoms with E-state index in [2.05, 4.69) is 22.2 Å². The number of non-ortho nitro benzene ring substituents is 1. The van der Waals surface area contributed by atoms with Gasteiger partial charge in [0.2, 0.25) is 5.91 Å². The van der Waals surface area contributed by atoms with Crippen molar-refractivity contribution in [3.8, 4) is 0 Å². The predicted molar refractivity (Wildman–Crippen MR) is 114 cm³/mol. The smallest absolute Gasteiger partial charge is 0.269 e. The maximum Gasteiger partial charge on any atom is 0.269 e. The zero-order chi connectivity index (χ0) is 20.1. The molecule has 0 aliphatic carbocycles. The van der Waals surface area contributed by atoms with Gasteiger partial charge >= 0.3 is 0 Å². The van der Waals surface area contributed by atoms with Crippen LogP contribution in [0.2, 0.25) is 5.02 Å². The SMILES string of the molecule is CN1CCN(c2ccc(Cl)cc2NC(=O)CSc2ccc([N+](=O)[O-])cc2)CC1. The summed E-state index contributed by atoms with van der Waals surface area (Å²) >= 11 is 7.46. The number of thioether (sulfide) groups is 1. The Hall–Kier alpha value is -2.29. The van der Waals surface area contributed by atoms with E-state index in [9.17, 15) is 14.9 Å². The molecule has 7 nitrogen and oxygen atoms in total. The van der Waals surface area contributed by atoms with Crippen molar-refractivity contribution < 1.29 is 9.72 Å². The van der Waals surface area contributed by atoms with Gasteiger partial charge in [0.1, 0.15) is 0 Å². The molecule has 1 saturated heterocycles. The molecule has 0 unspecified atom stereocenters. The molecule has 0 aromatic heterocycles. The third-order valence-corrected chi connectivity index (χ3v) is 5.74. The average Bonchev–Trinajstić information content (AvgIpc) is 2.68. The number of nitro groups is 1. The van der Waals surface area contributed by atoms with Crippen LogP contribution in [0.5, 0.6) is 0 Å². The minimum Gasteiger partial charge on any atom is -0.367 e. The Labute approximate surface area is 172 Å². The lowest BCUT2D eigenvalue weighted by molar-refractivity contribution is -0.384. The number of halogens is 1. The van der Waals surface area contributed by atoms with Gasteiger partial charge < -0.3 is 15.1 Å². The Kier molecular flexibility index (Phi) is 6.77. The number of anilines is 2. The number of nitrogens with zero attached hydrogens (tertiary/aromatic N) is 3. The van der Waals surface area contributed by atoms with Crippen LogP contribution < -0.4 is 10.2 Å². The molecule has 0 spiro atoms. The first-order valence-electron chi connectivity index (χ1n) is 8.82. The number of nitro benzene ring substituents is 1. The van der Waals surface area contributed by atoms with Crippen molar-refractivity contribution in [2.24, 2.45) is 0 Å². The lowest BCUT2D eigenvalue weighted by Crippen LogP contribution is -2.44. The molecule has 0 atom stereocenters. The van der Waals surface area contributed by atoms with Crippen LogP contribution in [0, 0.1) is 10.1 Å². The first kappa shape index (κ1) is 20.4. The molecule has 0 bridgehead atoms. The molecule has 1 amide bonds. The maximum absolute atomic E-state index is 12.4. The fourth-order valence-electron chi connectivity index (χ4n) is 2.93. The zero-order valence-corrected chi connectivity index (χ0v) is 17.0. The van der Waals surface area contributed by atoms with E-state index in [1.165, 1.54) is 23.9 Å². The number of hydrogen-bond acceptors (Lipinski definition) is 6. The Morgan fingerprint density at radius 2 is 1.86 bits per heavy atom. The van der Waals surface area contributed by atoms with E-state index in [1.54, 1.807) is 18.2 Å². The molecule has 1 N–H and O–H groups in total. The minimum absolute atomic E-state index is 0.0320. The van der Waals surface area contributed by atoms with Crippen molar-refractivity contribution in [3.63, 3.8) is 0 Å². The van der Waals surface area contributed by atoms with E-state index in [0.717, 1.165) is 36.8 Å². The van der Waals surface area contributed by atoms with Gasteiger partial charge in [0.25, 0.3) is 5.69 Å². The van der Waals surface area contributed by atoms with Crippen molar-refractivity contribution in [3.05, 3.63) is 57.6 Å². The molecule has 0 saturated carbocycles. The second kappa shape index (κ2) is 9.27. The van der Waals surface area contributed by atoms with E-state index in [4.69, 9.17) is 11.6 Å². The van der Waals surface area contributed by atoms with E-state index < -0.39 is 4.92 Å². The van der Waals surface area contributed by atoms with Crippen LogP contribution in [0.1, 0.15) is 0 Å². The van der Waals surface area contributed by atoms with Crippen LogP contribution in [-0.2, 0) is 4.79 Å². The summed E-state index contributed by atoms with van der Waals surface area (Å²) in [5.41, 5.74) is 1.70. The number of rotatable bonds is 6. The van der Waals surface area contributed by atoms with Crippen LogP contribution in [0.15, 0.2) is 47.4 Å². The highest BCUT2D eigenvalue weighted by molar-refractivity contribution is 8.00. The summed E-state index contributed by atoms with van der Waals surface area (Å²) in [5, 5.41) is 14.2. The highest BCUT2D eigenvalue weighted by Gasteiger charge is 2.18. The maximum atomic E-state index is 12.4. The van der Waals surface area contributed by atoms with Gasteiger partial charge in [-0.25, -0.2) is 0 Å². The Bertz CT molecular complexity index is 855. The summed E-state index contributed by atoms with van der Waals surface area (Å²) in [4.78, 5) is 28.0. The first-order valence-corrected chi connectivity index (χ1v) is 10.2. The Morgan fingerprint density at radius 3 is 2.50 bits per heavy atom. The van der Waals surface area contributed by atoms with E-state index >= 15 is 0 Å². The third-order valence-electron chi connectivity index (χ3n) is 4.49. The summed E-state index contributed by atoms with van der Waals surface area (Å²) in [6.45, 7) is 3.70. The molecule has 28 heavy (non-hydrogen) atoms. The molecule has 1 aliphatic heterocycles. The molecule has 1 aliphatic rings. The highest BCUT2D eigenvalue weighted by atomic mass is 35.5. The molecule has 148 valence electrons. The largest absolute Gasteiger partial charge is 0.367 e. The second-order valence-electron chi connectivity index (χ2n) is 6.54. The predicted octanol–water partition coefficient (Wildman–Crippen LogP) is 3.73. The van der Waals surface area contributed by atoms with Crippen LogP contribution in [-0.4, -0.2) is 54.7 Å². The topological polar surface area (TPSA) is 78.7 Å². The summed E-state index contributed by atoms with van der Waals surface area (Å²) in [7, 11) is 2.09. The number of nitrogens with one attached hydrogen (secondary N) is 1. The summed E-state index contributed by atoms with van der Waals surface area (Å²) in [6, 6.07) is 11.7. The zero-order valence-electron chi connectivity index (χ0n) is 15.4. The molecule has 2 aromatic rings. The third kappa shape index (κ3) is 5.37. The van der Waals surface area contributed by atoms with E-state index in [0.29, 0.717) is 10.7 Å². The Morgan fingerprint density at radius 1 is 1.18 bits per heavy atom. The fourth-order valence-corrected chi connectivity index (χ4v) is 3.80. The van der Waals surface area contributed by atoms with Gasteiger partial charge in [-0.1, -0.05) is 11.6 Å². The van der Waals surface area contributed by atoms with Gasteiger partial charge in [-0.15, -0.1) is 11.8 Å². The summed E-state index contributed by atoms with van der Waals surface area (Å²) < 4.78 is 0. The van der Waals surface area contributed by atoms with Crippen molar-refractivity contribution in [2.75, 3.05) is 49.2 Å². The first-order chi connectivity index (χ1) is 13.4. The number of piperazine rings is 1. The van der Waals surface area contributed by atoms with Gasteiger partial charge in [0.05, 0.1) is 22.1 Å². The standard InChI is InChI=1S/C19H21ClN4O3S/c1-22-8-10-23(11-9-22)18-7-2-14(20)12-17(18)21-19(25)13-28-16-5-3-15(4-6-16)24(26)27/h2-7,12H,8-11,13H2,1H3,(H,21,25). The number of benzene rings is 2. The van der Waals surface area contributed by atoms with Gasteiger partial charge in [-0.05, 0) is 37.4 Å². The van der Waals surface area contributed by atoms with Gasteiger partial charge in [-0.2, -0.15) is 0 Å². The van der Waals surface area contributed by atoms with Crippen molar-refractivity contribution in [1.29, 1.82) is 0 Å². The van der Waals surface area contributed by atoms with Gasteiger partial charge in [0, 0.05) is 48.2 Å². The van der Waals surface area contributed by atoms with Gasteiger partial charge in [-0.3, -0.25) is 14.9 Å². The minimum atomic E-state index is -0.444. The number of carbonyl (C=O) groups is 1. The van der Waals surface area contributed by atoms with E-state index in [1.807, 2.05) is 12.1 Å². The fraction of sp³-hybridized carbons (Fsp3) is 0.316. The van der Waals surface area contributed by atoms with Crippen LogP contribution in [0.25, 0.3) is 0 Å². The van der Waals surface area contributed by atoms with Crippen LogP contribution in [0.4, 0.5) is 17.1 Å². The molecule has 1 fully saturated rings. The van der Waals surface area contributed by atoms with Crippen LogP contribution >= 0.6 is 23.4 Å². The molecule has 3 rings (SSSR count). The quantitative estimate of drug-likeness (QED) is 0.436. The summed E-state index contributed by atoms with van der Waals surface area (Å²) in [5.74, 6) is 0.0490. The lowest BCUT2D eigenvalue weighted by Gasteiger charge is -2.35. The van der Waals surface area contributed by atoms with Crippen molar-refractivity contribution in [2.45, 2.75) is 4.90 Å². The lowest BCUT2D eigenvalue weighted by atomic mass is 10.2. The number of carbonyl (C=O) groups excluding carboxylic acids is 1. The van der Waals surface area contributed by atoms with Crippen molar-refractivity contribution in [1.82, 2.24) is 4.90 Å². The molecule has 1 heterocycles.